The Morgan fingerprint density at radius 1 is 1.25 bits per heavy atom. The summed E-state index contributed by atoms with van der Waals surface area (Å²) in [5, 5.41) is 9.42. The van der Waals surface area contributed by atoms with E-state index in [0.29, 0.717) is 29.0 Å². The number of aromatic nitrogens is 4. The van der Waals surface area contributed by atoms with E-state index in [1.165, 1.54) is 24.3 Å². The van der Waals surface area contributed by atoms with Gasteiger partial charge in [-0.1, -0.05) is 0 Å². The summed E-state index contributed by atoms with van der Waals surface area (Å²) in [6.45, 7) is -0.417. The Morgan fingerprint density at radius 3 is 2.75 bits per heavy atom. The number of amides is 2. The van der Waals surface area contributed by atoms with E-state index in [0.717, 1.165) is 11.1 Å². The molecule has 170 valence electrons. The largest absolute Gasteiger partial charge is 0.417 e. The summed E-state index contributed by atoms with van der Waals surface area (Å²) >= 11 is 0. The zero-order valence-corrected chi connectivity index (χ0v) is 16.7. The first-order valence-corrected chi connectivity index (χ1v) is 9.52. The lowest BCUT2D eigenvalue weighted by molar-refractivity contribution is -0.137. The van der Waals surface area contributed by atoms with Crippen LogP contribution in [0.2, 0.25) is 0 Å². The maximum Gasteiger partial charge on any atom is 0.417 e. The monoisotopic (exact) mass is 455 g/mol. The number of piperidine rings is 1. The molecule has 1 atom stereocenters. The SMILES string of the molecule is CN(C(=O)Nc1cncc(C(F)(F)F)c1)C1CCN(c2cnc3[nH]ncc3c2)CC1(F)F. The van der Waals surface area contributed by atoms with Crippen LogP contribution in [-0.2, 0) is 6.18 Å². The number of carbonyl (C=O) groups excluding carboxylic acids is 1. The third kappa shape index (κ3) is 4.27. The molecule has 2 amide bonds. The summed E-state index contributed by atoms with van der Waals surface area (Å²) in [4.78, 5) is 22.4. The minimum atomic E-state index is -4.65. The molecule has 2 N–H and O–H groups in total. The molecule has 0 bridgehead atoms. The van der Waals surface area contributed by atoms with Gasteiger partial charge in [0.15, 0.2) is 5.65 Å². The van der Waals surface area contributed by atoms with Crippen LogP contribution >= 0.6 is 0 Å². The highest BCUT2D eigenvalue weighted by molar-refractivity contribution is 5.89. The molecule has 4 heterocycles. The number of nitrogens with zero attached hydrogens (tertiary/aromatic N) is 5. The van der Waals surface area contributed by atoms with E-state index in [4.69, 9.17) is 0 Å². The summed E-state index contributed by atoms with van der Waals surface area (Å²) in [5.74, 6) is -3.28. The van der Waals surface area contributed by atoms with Crippen LogP contribution in [-0.4, -0.2) is 63.2 Å². The number of anilines is 2. The summed E-state index contributed by atoms with van der Waals surface area (Å²) in [6.07, 6.45) is -0.0692. The Balaban J connectivity index is 1.45. The predicted octanol–water partition coefficient (Wildman–Crippen LogP) is 3.75. The van der Waals surface area contributed by atoms with Crippen molar-refractivity contribution in [3.05, 3.63) is 42.5 Å². The summed E-state index contributed by atoms with van der Waals surface area (Å²) in [6, 6.07) is -0.00787. The molecular formula is C19H18F5N7O. The van der Waals surface area contributed by atoms with Crippen molar-refractivity contribution >= 4 is 28.4 Å². The second kappa shape index (κ2) is 7.88. The Bertz CT molecular complexity index is 1130. The molecule has 13 heteroatoms. The van der Waals surface area contributed by atoms with Gasteiger partial charge in [-0.15, -0.1) is 0 Å². The lowest BCUT2D eigenvalue weighted by Crippen LogP contribution is -2.59. The van der Waals surface area contributed by atoms with E-state index in [-0.39, 0.29) is 18.7 Å². The lowest BCUT2D eigenvalue weighted by Gasteiger charge is -2.42. The van der Waals surface area contributed by atoms with Crippen molar-refractivity contribution in [1.82, 2.24) is 25.1 Å². The quantitative estimate of drug-likeness (QED) is 0.588. The standard InChI is InChI=1S/C19H18F5N7O/c1-30(17(32)28-13-5-12(7-25-8-13)19(22,23)24)15-2-3-31(10-18(15,20)21)14-4-11-6-27-29-16(11)26-9-14/h4-9,15H,2-3,10H2,1H3,(H,28,32)(H,26,27,29). The number of fused-ring (bicyclic) bond motifs is 1. The summed E-state index contributed by atoms with van der Waals surface area (Å²) < 4.78 is 68.4. The van der Waals surface area contributed by atoms with Gasteiger partial charge in [-0.3, -0.25) is 10.1 Å². The van der Waals surface area contributed by atoms with Crippen LogP contribution in [0.1, 0.15) is 12.0 Å². The number of hydrogen-bond donors (Lipinski definition) is 2. The van der Waals surface area contributed by atoms with E-state index in [9.17, 15) is 26.7 Å². The van der Waals surface area contributed by atoms with Gasteiger partial charge in [-0.25, -0.2) is 18.6 Å². The van der Waals surface area contributed by atoms with Gasteiger partial charge in [0.2, 0.25) is 0 Å². The molecule has 0 aromatic carbocycles. The highest BCUT2D eigenvalue weighted by Gasteiger charge is 2.48. The first-order valence-electron chi connectivity index (χ1n) is 9.52. The normalized spacial score (nSPS) is 18.6. The van der Waals surface area contributed by atoms with E-state index < -0.39 is 36.3 Å². The van der Waals surface area contributed by atoms with Crippen molar-refractivity contribution in [2.24, 2.45) is 0 Å². The summed E-state index contributed by atoms with van der Waals surface area (Å²) in [7, 11) is 1.18. The summed E-state index contributed by atoms with van der Waals surface area (Å²) in [5.41, 5.74) is -0.258. The molecule has 0 aliphatic carbocycles. The van der Waals surface area contributed by atoms with Crippen LogP contribution < -0.4 is 10.2 Å². The van der Waals surface area contributed by atoms with Crippen LogP contribution in [0.25, 0.3) is 11.0 Å². The average Bonchev–Trinajstić information content (AvgIpc) is 3.20. The topological polar surface area (TPSA) is 90.0 Å². The van der Waals surface area contributed by atoms with Gasteiger partial charge in [0.25, 0.3) is 5.92 Å². The van der Waals surface area contributed by atoms with E-state index in [1.54, 1.807) is 6.07 Å². The minimum Gasteiger partial charge on any atom is -0.364 e. The Hall–Kier alpha value is -3.51. The Morgan fingerprint density at radius 2 is 2.03 bits per heavy atom. The number of urea groups is 1. The second-order valence-electron chi connectivity index (χ2n) is 7.49. The van der Waals surface area contributed by atoms with Gasteiger partial charge >= 0.3 is 12.2 Å². The Kier molecular flexibility index (Phi) is 5.34. The first-order chi connectivity index (χ1) is 15.0. The van der Waals surface area contributed by atoms with Crippen molar-refractivity contribution in [3.63, 3.8) is 0 Å². The van der Waals surface area contributed by atoms with E-state index in [2.05, 4.69) is 25.5 Å². The van der Waals surface area contributed by atoms with E-state index in [1.807, 2.05) is 0 Å². The van der Waals surface area contributed by atoms with Gasteiger partial charge in [0, 0.05) is 25.2 Å². The van der Waals surface area contributed by atoms with Crippen LogP contribution in [0.15, 0.2) is 36.9 Å². The van der Waals surface area contributed by atoms with Gasteiger partial charge in [-0.05, 0) is 18.6 Å². The molecule has 1 aliphatic rings. The number of carbonyl (C=O) groups is 1. The second-order valence-corrected chi connectivity index (χ2v) is 7.49. The van der Waals surface area contributed by atoms with Crippen molar-refractivity contribution < 1.29 is 26.7 Å². The predicted molar refractivity (Wildman–Crippen MR) is 105 cm³/mol. The van der Waals surface area contributed by atoms with Crippen molar-refractivity contribution in [3.8, 4) is 0 Å². The molecule has 4 rings (SSSR count). The van der Waals surface area contributed by atoms with Gasteiger partial charge in [-0.2, -0.15) is 18.3 Å². The maximum absolute atomic E-state index is 15.0. The molecule has 32 heavy (non-hydrogen) atoms. The fourth-order valence-corrected chi connectivity index (χ4v) is 3.64. The van der Waals surface area contributed by atoms with Gasteiger partial charge in [0.1, 0.15) is 6.04 Å². The van der Waals surface area contributed by atoms with E-state index >= 15 is 0 Å². The highest BCUT2D eigenvalue weighted by atomic mass is 19.4. The molecule has 0 radical (unpaired) electrons. The number of halogens is 5. The van der Waals surface area contributed by atoms with Crippen molar-refractivity contribution in [1.29, 1.82) is 0 Å². The number of hydrogen-bond acceptors (Lipinski definition) is 5. The number of H-pyrrole nitrogens is 1. The Labute approximate surface area is 178 Å². The fraction of sp³-hybridized carbons (Fsp3) is 0.368. The zero-order valence-electron chi connectivity index (χ0n) is 16.7. The molecule has 1 saturated heterocycles. The molecule has 1 aliphatic heterocycles. The van der Waals surface area contributed by atoms with Crippen LogP contribution in [0, 0.1) is 0 Å². The van der Waals surface area contributed by atoms with Gasteiger partial charge in [0.05, 0.1) is 42.1 Å². The molecule has 1 unspecified atom stereocenters. The molecule has 0 saturated carbocycles. The molecule has 0 spiro atoms. The zero-order chi connectivity index (χ0) is 23.1. The highest BCUT2D eigenvalue weighted by Crippen LogP contribution is 2.34. The third-order valence-electron chi connectivity index (χ3n) is 5.31. The smallest absolute Gasteiger partial charge is 0.364 e. The molecular weight excluding hydrogens is 437 g/mol. The van der Waals surface area contributed by atoms with Crippen LogP contribution in [0.3, 0.4) is 0 Å². The average molecular weight is 455 g/mol. The number of pyridine rings is 2. The minimum absolute atomic E-state index is 0.0544. The molecule has 8 nitrogen and oxygen atoms in total. The first kappa shape index (κ1) is 21.7. The van der Waals surface area contributed by atoms with Crippen LogP contribution in [0.5, 0.6) is 0 Å². The van der Waals surface area contributed by atoms with Crippen molar-refractivity contribution in [2.45, 2.75) is 24.6 Å². The number of aromatic amines is 1. The third-order valence-corrected chi connectivity index (χ3v) is 5.31. The number of rotatable bonds is 3. The fourth-order valence-electron chi connectivity index (χ4n) is 3.64. The molecule has 1 fully saturated rings. The number of alkyl halides is 5. The lowest BCUT2D eigenvalue weighted by atomic mass is 9.99. The van der Waals surface area contributed by atoms with Crippen LogP contribution in [0.4, 0.5) is 38.1 Å². The number of nitrogens with one attached hydrogen (secondary N) is 2. The van der Waals surface area contributed by atoms with Crippen molar-refractivity contribution in [2.75, 3.05) is 30.4 Å². The molecule has 3 aromatic rings. The molecule has 3 aromatic heterocycles. The van der Waals surface area contributed by atoms with Gasteiger partial charge < -0.3 is 15.1 Å². The maximum atomic E-state index is 15.0.